The zero-order chi connectivity index (χ0) is 19.4. The van der Waals surface area contributed by atoms with Gasteiger partial charge in [0.25, 0.3) is 5.91 Å². The summed E-state index contributed by atoms with van der Waals surface area (Å²) < 4.78 is 0.278. The molecule has 27 heavy (non-hydrogen) atoms. The fourth-order valence-corrected chi connectivity index (χ4v) is 4.23. The highest BCUT2D eigenvalue weighted by Gasteiger charge is 2.40. The van der Waals surface area contributed by atoms with Crippen LogP contribution in [0.1, 0.15) is 23.6 Å². The topological polar surface area (TPSA) is 57.6 Å². The van der Waals surface area contributed by atoms with Crippen LogP contribution < -0.4 is 0 Å². The molecule has 1 heterocycles. The molecule has 6 heteroatoms. The molecule has 0 bridgehead atoms. The number of carbonyl (C=O) groups excluding carboxylic acids is 1. The van der Waals surface area contributed by atoms with Crippen LogP contribution in [-0.2, 0) is 22.4 Å². The summed E-state index contributed by atoms with van der Waals surface area (Å²) in [4.78, 5) is 26.4. The number of aryl methyl sites for hydroxylation is 1. The lowest BCUT2D eigenvalue weighted by atomic mass is 10.0. The molecule has 4 nitrogen and oxygen atoms in total. The first kappa shape index (κ1) is 19.3. The first-order valence-electron chi connectivity index (χ1n) is 8.62. The second-order valence-corrected chi connectivity index (χ2v) is 7.87. The highest BCUT2D eigenvalue weighted by Crippen LogP contribution is 2.34. The third-order valence-electron chi connectivity index (χ3n) is 4.38. The Labute approximate surface area is 167 Å². The van der Waals surface area contributed by atoms with Crippen LogP contribution >= 0.6 is 24.0 Å². The van der Waals surface area contributed by atoms with Crippen LogP contribution in [0, 0.1) is 0 Å². The second-order valence-electron chi connectivity index (χ2n) is 6.19. The minimum Gasteiger partial charge on any atom is -0.480 e. The van der Waals surface area contributed by atoms with Gasteiger partial charge in [-0.15, -0.1) is 0 Å². The van der Waals surface area contributed by atoms with E-state index in [2.05, 4.69) is 6.92 Å². The quantitative estimate of drug-likeness (QED) is 0.586. The number of thioether (sulfide) groups is 1. The van der Waals surface area contributed by atoms with Gasteiger partial charge in [-0.3, -0.25) is 9.69 Å². The van der Waals surface area contributed by atoms with Crippen LogP contribution in [0.3, 0.4) is 0 Å². The summed E-state index contributed by atoms with van der Waals surface area (Å²) in [6, 6.07) is 16.2. The molecule has 1 aliphatic rings. The third kappa shape index (κ3) is 4.46. The van der Waals surface area contributed by atoms with E-state index in [1.807, 2.05) is 54.6 Å². The second kappa shape index (κ2) is 8.50. The Kier molecular flexibility index (Phi) is 6.08. The monoisotopic (exact) mass is 397 g/mol. The molecule has 1 fully saturated rings. The first-order chi connectivity index (χ1) is 13.0. The predicted octanol–water partition coefficient (Wildman–Crippen LogP) is 4.15. The van der Waals surface area contributed by atoms with Gasteiger partial charge in [0.2, 0.25) is 0 Å². The van der Waals surface area contributed by atoms with Crippen LogP contribution in [0.25, 0.3) is 6.08 Å². The van der Waals surface area contributed by atoms with Gasteiger partial charge in [-0.2, -0.15) is 0 Å². The summed E-state index contributed by atoms with van der Waals surface area (Å²) in [6.07, 6.45) is 2.92. The summed E-state index contributed by atoms with van der Waals surface area (Å²) in [5.74, 6) is -1.42. The van der Waals surface area contributed by atoms with Crippen molar-refractivity contribution in [2.75, 3.05) is 0 Å². The van der Waals surface area contributed by atoms with Gasteiger partial charge in [-0.1, -0.05) is 85.5 Å². The lowest BCUT2D eigenvalue weighted by molar-refractivity contribution is -0.145. The summed E-state index contributed by atoms with van der Waals surface area (Å²) in [5.41, 5.74) is 2.95. The number of rotatable bonds is 6. The molecular weight excluding hydrogens is 378 g/mol. The number of carbonyl (C=O) groups is 2. The van der Waals surface area contributed by atoms with E-state index in [0.717, 1.165) is 29.3 Å². The van der Waals surface area contributed by atoms with Crippen LogP contribution in [0.2, 0.25) is 0 Å². The van der Waals surface area contributed by atoms with Crippen molar-refractivity contribution in [1.29, 1.82) is 0 Å². The predicted molar refractivity (Wildman–Crippen MR) is 112 cm³/mol. The smallest absolute Gasteiger partial charge is 0.327 e. The van der Waals surface area contributed by atoms with Gasteiger partial charge in [-0.05, 0) is 29.2 Å². The molecule has 1 N–H and O–H groups in total. The first-order valence-corrected chi connectivity index (χ1v) is 9.84. The number of hydrogen-bond donors (Lipinski definition) is 1. The molecule has 1 saturated heterocycles. The average molecular weight is 398 g/mol. The molecule has 3 rings (SSSR count). The van der Waals surface area contributed by atoms with Crippen LogP contribution in [0.15, 0.2) is 59.5 Å². The summed E-state index contributed by atoms with van der Waals surface area (Å²) in [6.45, 7) is 2.08. The van der Waals surface area contributed by atoms with Crippen LogP contribution in [0.5, 0.6) is 0 Å². The van der Waals surface area contributed by atoms with Crippen molar-refractivity contribution in [3.63, 3.8) is 0 Å². The number of aliphatic carboxylic acids is 1. The van der Waals surface area contributed by atoms with Crippen molar-refractivity contribution in [3.05, 3.63) is 76.2 Å². The Morgan fingerprint density at radius 3 is 2.41 bits per heavy atom. The van der Waals surface area contributed by atoms with Crippen molar-refractivity contribution < 1.29 is 14.7 Å². The minimum atomic E-state index is -1.07. The molecule has 0 aliphatic carbocycles. The van der Waals surface area contributed by atoms with Gasteiger partial charge in [0, 0.05) is 6.42 Å². The van der Waals surface area contributed by atoms with Crippen molar-refractivity contribution in [3.8, 4) is 0 Å². The largest absolute Gasteiger partial charge is 0.480 e. The van der Waals surface area contributed by atoms with Gasteiger partial charge in [0.05, 0.1) is 4.91 Å². The standard InChI is InChI=1S/C21H19NO3S2/c1-2-14-8-10-16(11-9-14)13-18-19(23)22(21(26)27-18)17(20(24)25)12-15-6-4-3-5-7-15/h3-11,13,17H,2,12H2,1H3,(H,24,25)/b18-13-/t17-/m0/s1. The highest BCUT2D eigenvalue weighted by atomic mass is 32.2. The van der Waals surface area contributed by atoms with E-state index in [0.29, 0.717) is 4.91 Å². The molecule has 0 saturated carbocycles. The number of carboxylic acid groups (broad SMARTS) is 1. The SMILES string of the molecule is CCc1ccc(/C=C2\SC(=S)N([C@@H](Cc3ccccc3)C(=O)O)C2=O)cc1. The Bertz CT molecular complexity index is 891. The van der Waals surface area contributed by atoms with Gasteiger partial charge in [0.15, 0.2) is 0 Å². The maximum Gasteiger partial charge on any atom is 0.327 e. The summed E-state index contributed by atoms with van der Waals surface area (Å²) in [5, 5.41) is 9.68. The van der Waals surface area contributed by atoms with E-state index >= 15 is 0 Å². The summed E-state index contributed by atoms with van der Waals surface area (Å²) >= 11 is 6.47. The van der Waals surface area contributed by atoms with E-state index in [-0.39, 0.29) is 16.6 Å². The number of carboxylic acids is 1. The molecule has 0 radical (unpaired) electrons. The molecule has 0 spiro atoms. The molecule has 1 aliphatic heterocycles. The molecule has 2 aromatic rings. The van der Waals surface area contributed by atoms with Crippen LogP contribution in [-0.4, -0.2) is 32.2 Å². The number of nitrogens with zero attached hydrogens (tertiary/aromatic N) is 1. The molecule has 1 atom stereocenters. The fourth-order valence-electron chi connectivity index (χ4n) is 2.88. The van der Waals surface area contributed by atoms with Gasteiger partial charge in [-0.25, -0.2) is 4.79 Å². The number of amides is 1. The zero-order valence-corrected chi connectivity index (χ0v) is 16.4. The van der Waals surface area contributed by atoms with E-state index < -0.39 is 12.0 Å². The van der Waals surface area contributed by atoms with Gasteiger partial charge < -0.3 is 5.11 Å². The van der Waals surface area contributed by atoms with Gasteiger partial charge >= 0.3 is 5.97 Å². The van der Waals surface area contributed by atoms with E-state index in [1.54, 1.807) is 6.08 Å². The number of thiocarbonyl (C=S) groups is 1. The van der Waals surface area contributed by atoms with Crippen molar-refractivity contribution in [2.45, 2.75) is 25.8 Å². The molecule has 0 unspecified atom stereocenters. The highest BCUT2D eigenvalue weighted by molar-refractivity contribution is 8.26. The fraction of sp³-hybridized carbons (Fsp3) is 0.190. The number of benzene rings is 2. The van der Waals surface area contributed by atoms with Gasteiger partial charge in [0.1, 0.15) is 10.4 Å². The van der Waals surface area contributed by atoms with Crippen molar-refractivity contribution in [1.82, 2.24) is 4.90 Å². The van der Waals surface area contributed by atoms with E-state index in [9.17, 15) is 14.7 Å². The average Bonchev–Trinajstić information content (AvgIpc) is 2.94. The molecular formula is C21H19NO3S2. The Morgan fingerprint density at radius 2 is 1.81 bits per heavy atom. The Hall–Kier alpha value is -2.44. The number of hydrogen-bond acceptors (Lipinski definition) is 4. The Balaban J connectivity index is 1.84. The summed E-state index contributed by atoms with van der Waals surface area (Å²) in [7, 11) is 0. The van der Waals surface area contributed by atoms with Crippen molar-refractivity contribution >= 4 is 46.3 Å². The van der Waals surface area contributed by atoms with E-state index in [4.69, 9.17) is 12.2 Å². The van der Waals surface area contributed by atoms with Crippen molar-refractivity contribution in [2.24, 2.45) is 0 Å². The Morgan fingerprint density at radius 1 is 1.15 bits per heavy atom. The molecule has 2 aromatic carbocycles. The lowest BCUT2D eigenvalue weighted by Gasteiger charge is -2.23. The normalized spacial score (nSPS) is 16.8. The maximum atomic E-state index is 12.9. The minimum absolute atomic E-state index is 0.209. The van der Waals surface area contributed by atoms with Crippen LogP contribution in [0.4, 0.5) is 0 Å². The van der Waals surface area contributed by atoms with E-state index in [1.165, 1.54) is 10.5 Å². The zero-order valence-electron chi connectivity index (χ0n) is 14.8. The maximum absolute atomic E-state index is 12.9. The molecule has 1 amide bonds. The molecule has 138 valence electrons. The molecule has 0 aromatic heterocycles. The lowest BCUT2D eigenvalue weighted by Crippen LogP contribution is -2.45. The third-order valence-corrected chi connectivity index (χ3v) is 5.71.